The summed E-state index contributed by atoms with van der Waals surface area (Å²) in [5.41, 5.74) is 2.23. The maximum Gasteiger partial charge on any atom is 0.224 e. The number of halogens is 1. The highest BCUT2D eigenvalue weighted by Crippen LogP contribution is 2.32. The number of aromatic nitrogens is 3. The molecular weight excluding hydrogens is 543 g/mol. The lowest BCUT2D eigenvalue weighted by Crippen LogP contribution is -2.39. The van der Waals surface area contributed by atoms with E-state index in [0.717, 1.165) is 43.2 Å². The van der Waals surface area contributed by atoms with Crippen LogP contribution in [-0.4, -0.2) is 52.4 Å². The molecule has 1 N–H and O–H groups in total. The first-order valence-electron chi connectivity index (χ1n) is 11.5. The van der Waals surface area contributed by atoms with E-state index in [1.54, 1.807) is 6.20 Å². The summed E-state index contributed by atoms with van der Waals surface area (Å²) in [5, 5.41) is 7.80. The molecule has 2 aromatic heterocycles. The molecule has 1 atom stereocenters. The van der Waals surface area contributed by atoms with Gasteiger partial charge in [-0.15, -0.1) is 24.0 Å². The summed E-state index contributed by atoms with van der Waals surface area (Å²) in [4.78, 5) is 11.3. The maximum atomic E-state index is 6.17. The first-order chi connectivity index (χ1) is 16.2. The van der Waals surface area contributed by atoms with E-state index in [2.05, 4.69) is 38.4 Å². The summed E-state index contributed by atoms with van der Waals surface area (Å²) < 4.78 is 13.9. The van der Waals surface area contributed by atoms with Gasteiger partial charge in [0.15, 0.2) is 17.5 Å². The van der Waals surface area contributed by atoms with Crippen molar-refractivity contribution < 1.29 is 9.47 Å². The van der Waals surface area contributed by atoms with Crippen LogP contribution in [0.5, 0.6) is 17.4 Å². The number of rotatable bonds is 8. The first-order valence-corrected chi connectivity index (χ1v) is 11.5. The Kier molecular flexibility index (Phi) is 9.55. The van der Waals surface area contributed by atoms with E-state index >= 15 is 0 Å². The number of benzene rings is 1. The van der Waals surface area contributed by atoms with Crippen molar-refractivity contribution in [2.24, 2.45) is 12.0 Å². The summed E-state index contributed by atoms with van der Waals surface area (Å²) >= 11 is 0. The third kappa shape index (κ3) is 6.40. The van der Waals surface area contributed by atoms with E-state index in [1.807, 2.05) is 61.4 Å². The first kappa shape index (κ1) is 25.8. The third-order valence-corrected chi connectivity index (χ3v) is 5.70. The van der Waals surface area contributed by atoms with Gasteiger partial charge in [0.05, 0.1) is 12.8 Å². The van der Waals surface area contributed by atoms with Crippen molar-refractivity contribution in [3.05, 3.63) is 66.1 Å². The van der Waals surface area contributed by atoms with E-state index in [0.29, 0.717) is 30.7 Å². The Morgan fingerprint density at radius 3 is 2.76 bits per heavy atom. The average Bonchev–Trinajstić information content (AvgIpc) is 3.49. The van der Waals surface area contributed by atoms with Gasteiger partial charge in [-0.1, -0.05) is 25.1 Å². The summed E-state index contributed by atoms with van der Waals surface area (Å²) in [6.07, 6.45) is 7.83. The van der Waals surface area contributed by atoms with Gasteiger partial charge in [0.25, 0.3) is 0 Å². The van der Waals surface area contributed by atoms with Gasteiger partial charge in [0.2, 0.25) is 5.88 Å². The molecular formula is C25H33IN6O2. The molecule has 4 rings (SSSR count). The molecule has 1 aliphatic heterocycles. The van der Waals surface area contributed by atoms with Crippen LogP contribution in [0.15, 0.2) is 60.0 Å². The molecule has 3 heterocycles. The normalized spacial score (nSPS) is 15.7. The lowest BCUT2D eigenvalue weighted by molar-refractivity contribution is 0.300. The molecule has 182 valence electrons. The topological polar surface area (TPSA) is 76.8 Å². The standard InChI is InChI=1S/C25H32N6O2.HI/c1-4-14-32-22-9-5-6-10-23(22)33-24-19(8-7-12-27-24)15-28-25(26-2)31-13-11-20(18-31)21-16-29-30(3)17-21;/h5-10,12,16-17,20H,4,11,13-15,18H2,1-3H3,(H,26,28);1H. The van der Waals surface area contributed by atoms with Crippen molar-refractivity contribution in [3.8, 4) is 17.4 Å². The number of pyridine rings is 1. The molecule has 9 heteroatoms. The van der Waals surface area contributed by atoms with Crippen LogP contribution < -0.4 is 14.8 Å². The van der Waals surface area contributed by atoms with Crippen molar-refractivity contribution in [1.82, 2.24) is 25.0 Å². The van der Waals surface area contributed by atoms with Crippen molar-refractivity contribution in [1.29, 1.82) is 0 Å². The Morgan fingerprint density at radius 2 is 2.03 bits per heavy atom. The molecule has 1 fully saturated rings. The highest BCUT2D eigenvalue weighted by Gasteiger charge is 2.27. The highest BCUT2D eigenvalue weighted by atomic mass is 127. The van der Waals surface area contributed by atoms with Gasteiger partial charge in [-0.05, 0) is 36.6 Å². The van der Waals surface area contributed by atoms with Crippen LogP contribution in [-0.2, 0) is 13.6 Å². The predicted octanol–water partition coefficient (Wildman–Crippen LogP) is 4.58. The van der Waals surface area contributed by atoms with Crippen molar-refractivity contribution in [2.75, 3.05) is 26.7 Å². The second-order valence-electron chi connectivity index (χ2n) is 8.14. The van der Waals surface area contributed by atoms with Crippen molar-refractivity contribution >= 4 is 29.9 Å². The number of aryl methyl sites for hydroxylation is 1. The average molecular weight is 576 g/mol. The van der Waals surface area contributed by atoms with Gasteiger partial charge < -0.3 is 19.7 Å². The fourth-order valence-corrected chi connectivity index (χ4v) is 4.00. The lowest BCUT2D eigenvalue weighted by Gasteiger charge is -2.22. The molecule has 0 radical (unpaired) electrons. The number of aliphatic imine (C=N–C) groups is 1. The summed E-state index contributed by atoms with van der Waals surface area (Å²) in [7, 11) is 3.78. The van der Waals surface area contributed by atoms with E-state index in [9.17, 15) is 0 Å². The Morgan fingerprint density at radius 1 is 1.21 bits per heavy atom. The number of hydrogen-bond acceptors (Lipinski definition) is 5. The second-order valence-corrected chi connectivity index (χ2v) is 8.14. The SMILES string of the molecule is CCCOc1ccccc1Oc1ncccc1CNC(=NC)N1CCC(c2cnn(C)c2)C1.I. The summed E-state index contributed by atoms with van der Waals surface area (Å²) in [5.74, 6) is 3.28. The van der Waals surface area contributed by atoms with Crippen LogP contribution >= 0.6 is 24.0 Å². The van der Waals surface area contributed by atoms with Crippen LogP contribution in [0.3, 0.4) is 0 Å². The Labute approximate surface area is 218 Å². The minimum atomic E-state index is 0. The van der Waals surface area contributed by atoms with Crippen LogP contribution in [0.2, 0.25) is 0 Å². The fourth-order valence-electron chi connectivity index (χ4n) is 4.00. The number of guanidine groups is 1. The van der Waals surface area contributed by atoms with Crippen LogP contribution in [0, 0.1) is 0 Å². The molecule has 8 nitrogen and oxygen atoms in total. The van der Waals surface area contributed by atoms with E-state index in [4.69, 9.17) is 9.47 Å². The van der Waals surface area contributed by atoms with Crippen LogP contribution in [0.4, 0.5) is 0 Å². The van der Waals surface area contributed by atoms with Gasteiger partial charge in [-0.25, -0.2) is 4.98 Å². The van der Waals surface area contributed by atoms with E-state index in [1.165, 1.54) is 5.56 Å². The van der Waals surface area contributed by atoms with E-state index in [-0.39, 0.29) is 24.0 Å². The minimum absolute atomic E-state index is 0. The number of para-hydroxylation sites is 2. The number of nitrogens with zero attached hydrogens (tertiary/aromatic N) is 5. The fraction of sp³-hybridized carbons (Fsp3) is 0.400. The molecule has 1 aliphatic rings. The number of hydrogen-bond donors (Lipinski definition) is 1. The Hall–Kier alpha value is -2.82. The Bertz CT molecular complexity index is 1090. The van der Waals surface area contributed by atoms with E-state index < -0.39 is 0 Å². The zero-order valence-corrected chi connectivity index (χ0v) is 22.3. The molecule has 1 unspecified atom stereocenters. The quantitative estimate of drug-likeness (QED) is 0.241. The lowest BCUT2D eigenvalue weighted by atomic mass is 10.0. The van der Waals surface area contributed by atoms with Gasteiger partial charge in [0.1, 0.15) is 0 Å². The Balaban J connectivity index is 0.00000324. The molecule has 1 saturated heterocycles. The van der Waals surface area contributed by atoms with Gasteiger partial charge in [0, 0.05) is 57.6 Å². The van der Waals surface area contributed by atoms with Crippen molar-refractivity contribution in [2.45, 2.75) is 32.2 Å². The maximum absolute atomic E-state index is 6.17. The highest BCUT2D eigenvalue weighted by molar-refractivity contribution is 14.0. The minimum Gasteiger partial charge on any atom is -0.490 e. The van der Waals surface area contributed by atoms with Gasteiger partial charge >= 0.3 is 0 Å². The molecule has 0 amide bonds. The largest absolute Gasteiger partial charge is 0.490 e. The monoisotopic (exact) mass is 576 g/mol. The van der Waals surface area contributed by atoms with Gasteiger partial charge in [-0.3, -0.25) is 9.67 Å². The summed E-state index contributed by atoms with van der Waals surface area (Å²) in [6, 6.07) is 11.6. The summed E-state index contributed by atoms with van der Waals surface area (Å²) in [6.45, 7) is 5.16. The van der Waals surface area contributed by atoms with Crippen molar-refractivity contribution in [3.63, 3.8) is 0 Å². The number of nitrogens with one attached hydrogen (secondary N) is 1. The number of ether oxygens (including phenoxy) is 2. The molecule has 0 bridgehead atoms. The van der Waals surface area contributed by atoms with Crippen LogP contribution in [0.25, 0.3) is 0 Å². The number of likely N-dealkylation sites (tertiary alicyclic amines) is 1. The zero-order valence-electron chi connectivity index (χ0n) is 20.0. The van der Waals surface area contributed by atoms with Gasteiger partial charge in [-0.2, -0.15) is 5.10 Å². The van der Waals surface area contributed by atoms with Crippen LogP contribution in [0.1, 0.15) is 36.8 Å². The molecule has 0 spiro atoms. The third-order valence-electron chi connectivity index (χ3n) is 5.70. The molecule has 0 saturated carbocycles. The predicted molar refractivity (Wildman–Crippen MR) is 144 cm³/mol. The second kappa shape index (κ2) is 12.6. The molecule has 1 aromatic carbocycles. The molecule has 0 aliphatic carbocycles. The smallest absolute Gasteiger partial charge is 0.224 e. The molecule has 3 aromatic rings. The molecule has 34 heavy (non-hydrogen) atoms. The zero-order chi connectivity index (χ0) is 23.0.